The van der Waals surface area contributed by atoms with Crippen LogP contribution in [-0.4, -0.2) is 15.5 Å². The topological polar surface area (TPSA) is 26.5 Å². The number of hydrogen-bond acceptors (Lipinski definition) is 3. The van der Waals surface area contributed by atoms with Gasteiger partial charge >= 0.3 is 0 Å². The van der Waals surface area contributed by atoms with Crippen LogP contribution in [0.3, 0.4) is 0 Å². The molecule has 3 rings (SSSR count). The van der Waals surface area contributed by atoms with Gasteiger partial charge in [-0.25, -0.2) is 4.98 Å². The lowest BCUT2D eigenvalue weighted by atomic mass is 10.1. The van der Waals surface area contributed by atoms with Crippen molar-refractivity contribution >= 4 is 16.3 Å². The lowest BCUT2D eigenvalue weighted by molar-refractivity contribution is -0.00839. The second kappa shape index (κ2) is 3.06. The Morgan fingerprint density at radius 1 is 1.53 bits per heavy atom. The fourth-order valence-corrected chi connectivity index (χ4v) is 3.26. The highest BCUT2D eigenvalue weighted by Crippen LogP contribution is 2.32. The highest BCUT2D eigenvalue weighted by molar-refractivity contribution is 7.15. The van der Waals surface area contributed by atoms with Crippen LogP contribution in [0.4, 0.5) is 0 Å². The van der Waals surface area contributed by atoms with Crippen molar-refractivity contribution in [3.63, 3.8) is 0 Å². The number of imidazole rings is 1. The molecule has 3 heterocycles. The predicted molar refractivity (Wildman–Crippen MR) is 60.5 cm³/mol. The van der Waals surface area contributed by atoms with Crippen LogP contribution < -0.4 is 0 Å². The summed E-state index contributed by atoms with van der Waals surface area (Å²) in [5, 5.41) is 2.15. The summed E-state index contributed by atoms with van der Waals surface area (Å²) in [6.07, 6.45) is 1.39. The van der Waals surface area contributed by atoms with Crippen molar-refractivity contribution in [3.8, 4) is 0 Å². The Hall–Kier alpha value is -0.870. The third-order valence-electron chi connectivity index (χ3n) is 2.95. The van der Waals surface area contributed by atoms with E-state index >= 15 is 0 Å². The fraction of sp³-hybridized carbons (Fsp3) is 0.545. The average Bonchev–Trinajstić information content (AvgIpc) is 2.66. The Labute approximate surface area is 92.7 Å². The second-order valence-corrected chi connectivity index (χ2v) is 5.07. The van der Waals surface area contributed by atoms with E-state index in [0.717, 1.165) is 11.4 Å². The number of aryl methyl sites for hydroxylation is 1. The van der Waals surface area contributed by atoms with Gasteiger partial charge in [0.15, 0.2) is 4.96 Å². The molecule has 2 unspecified atom stereocenters. The molecule has 0 fully saturated rings. The smallest absolute Gasteiger partial charge is 0.194 e. The van der Waals surface area contributed by atoms with Crippen LogP contribution >= 0.6 is 11.3 Å². The highest BCUT2D eigenvalue weighted by Gasteiger charge is 2.27. The minimum absolute atomic E-state index is 0.159. The van der Waals surface area contributed by atoms with Gasteiger partial charge in [-0.05, 0) is 20.8 Å². The normalized spacial score (nSPS) is 25.8. The van der Waals surface area contributed by atoms with Crippen molar-refractivity contribution in [2.45, 2.75) is 39.4 Å². The van der Waals surface area contributed by atoms with Gasteiger partial charge in [0, 0.05) is 17.5 Å². The Morgan fingerprint density at radius 2 is 2.33 bits per heavy atom. The van der Waals surface area contributed by atoms with Crippen LogP contribution in [0.2, 0.25) is 0 Å². The molecular formula is C11H14N2OS. The minimum atomic E-state index is 0.159. The first-order chi connectivity index (χ1) is 7.16. The van der Waals surface area contributed by atoms with Gasteiger partial charge in [0.05, 0.1) is 23.6 Å². The molecule has 15 heavy (non-hydrogen) atoms. The number of aromatic nitrogens is 2. The molecule has 3 nitrogen and oxygen atoms in total. The summed E-state index contributed by atoms with van der Waals surface area (Å²) in [6.45, 7) is 6.34. The molecule has 4 heteroatoms. The Balaban J connectivity index is 2.29. The zero-order chi connectivity index (χ0) is 10.6. The first kappa shape index (κ1) is 9.36. The zero-order valence-electron chi connectivity index (χ0n) is 9.15. The molecule has 0 saturated heterocycles. The molecule has 1 aliphatic heterocycles. The molecular weight excluding hydrogens is 208 g/mol. The summed E-state index contributed by atoms with van der Waals surface area (Å²) in [5.74, 6) is 0. The van der Waals surface area contributed by atoms with Crippen LogP contribution in [0, 0.1) is 6.92 Å². The summed E-state index contributed by atoms with van der Waals surface area (Å²) in [4.78, 5) is 5.78. The molecule has 0 saturated carbocycles. The van der Waals surface area contributed by atoms with E-state index in [-0.39, 0.29) is 12.2 Å². The Morgan fingerprint density at radius 3 is 3.13 bits per heavy atom. The standard InChI is InChI=1S/C11H14N2OS/c1-6-5-15-11-12-9-4-7(2)14-8(3)10(9)13(6)11/h5,7-8H,4H2,1-3H3. The molecule has 0 aliphatic carbocycles. The van der Waals surface area contributed by atoms with Crippen LogP contribution in [0.25, 0.3) is 4.96 Å². The quantitative estimate of drug-likeness (QED) is 0.685. The largest absolute Gasteiger partial charge is 0.369 e. The van der Waals surface area contributed by atoms with Crippen LogP contribution in [0.15, 0.2) is 5.38 Å². The molecule has 0 amide bonds. The van der Waals surface area contributed by atoms with E-state index in [4.69, 9.17) is 4.74 Å². The molecule has 2 atom stereocenters. The number of rotatable bonds is 0. The van der Waals surface area contributed by atoms with E-state index < -0.39 is 0 Å². The lowest BCUT2D eigenvalue weighted by Crippen LogP contribution is -2.23. The molecule has 0 bridgehead atoms. The van der Waals surface area contributed by atoms with Gasteiger partial charge in [-0.2, -0.15) is 0 Å². The van der Waals surface area contributed by atoms with Gasteiger partial charge in [0.2, 0.25) is 0 Å². The maximum absolute atomic E-state index is 5.85. The molecule has 80 valence electrons. The summed E-state index contributed by atoms with van der Waals surface area (Å²) < 4.78 is 8.08. The van der Waals surface area contributed by atoms with Gasteiger partial charge in [-0.1, -0.05) is 0 Å². The summed E-state index contributed by atoms with van der Waals surface area (Å²) >= 11 is 1.71. The molecule has 1 aliphatic rings. The number of ether oxygens (including phenoxy) is 1. The Kier molecular flexibility index (Phi) is 1.91. The van der Waals surface area contributed by atoms with Gasteiger partial charge in [0.25, 0.3) is 0 Å². The molecule has 0 N–H and O–H groups in total. The van der Waals surface area contributed by atoms with Crippen molar-refractivity contribution in [2.24, 2.45) is 0 Å². The highest BCUT2D eigenvalue weighted by atomic mass is 32.1. The maximum Gasteiger partial charge on any atom is 0.194 e. The monoisotopic (exact) mass is 222 g/mol. The van der Waals surface area contributed by atoms with Crippen LogP contribution in [-0.2, 0) is 11.2 Å². The average molecular weight is 222 g/mol. The second-order valence-electron chi connectivity index (χ2n) is 4.23. The maximum atomic E-state index is 5.85. The van der Waals surface area contributed by atoms with E-state index in [1.165, 1.54) is 17.1 Å². The molecule has 0 spiro atoms. The van der Waals surface area contributed by atoms with E-state index in [2.05, 4.69) is 35.5 Å². The van der Waals surface area contributed by atoms with Crippen LogP contribution in [0.1, 0.15) is 37.0 Å². The minimum Gasteiger partial charge on any atom is -0.369 e. The first-order valence-corrected chi connectivity index (χ1v) is 6.15. The van der Waals surface area contributed by atoms with E-state index in [0.29, 0.717) is 0 Å². The SMILES string of the molecule is Cc1csc2nc3c(n12)C(C)OC(C)C3. The third kappa shape index (κ3) is 1.25. The Bertz CT molecular complexity index is 514. The van der Waals surface area contributed by atoms with Crippen molar-refractivity contribution < 1.29 is 4.74 Å². The number of hydrogen-bond donors (Lipinski definition) is 0. The zero-order valence-corrected chi connectivity index (χ0v) is 9.97. The van der Waals surface area contributed by atoms with Crippen LogP contribution in [0.5, 0.6) is 0 Å². The predicted octanol–water partition coefficient (Wildman–Crippen LogP) is 2.73. The van der Waals surface area contributed by atoms with Crippen molar-refractivity contribution in [1.82, 2.24) is 9.38 Å². The van der Waals surface area contributed by atoms with E-state index in [9.17, 15) is 0 Å². The molecule has 2 aromatic rings. The summed E-state index contributed by atoms with van der Waals surface area (Å²) in [7, 11) is 0. The van der Waals surface area contributed by atoms with Gasteiger partial charge in [0.1, 0.15) is 0 Å². The summed E-state index contributed by atoms with van der Waals surface area (Å²) in [6, 6.07) is 0. The van der Waals surface area contributed by atoms with Gasteiger partial charge in [-0.15, -0.1) is 11.3 Å². The van der Waals surface area contributed by atoms with Crippen molar-refractivity contribution in [3.05, 3.63) is 22.5 Å². The van der Waals surface area contributed by atoms with E-state index in [1.807, 2.05) is 0 Å². The summed E-state index contributed by atoms with van der Waals surface area (Å²) in [5.41, 5.74) is 3.73. The van der Waals surface area contributed by atoms with Gasteiger partial charge in [-0.3, -0.25) is 4.40 Å². The number of nitrogens with zero attached hydrogens (tertiary/aromatic N) is 2. The fourth-order valence-electron chi connectivity index (χ4n) is 2.37. The first-order valence-electron chi connectivity index (χ1n) is 5.27. The van der Waals surface area contributed by atoms with Crippen molar-refractivity contribution in [2.75, 3.05) is 0 Å². The number of thiazole rings is 1. The van der Waals surface area contributed by atoms with Gasteiger partial charge < -0.3 is 4.74 Å². The number of fused-ring (bicyclic) bond motifs is 3. The third-order valence-corrected chi connectivity index (χ3v) is 3.89. The molecule has 2 aromatic heterocycles. The van der Waals surface area contributed by atoms with Crippen molar-refractivity contribution in [1.29, 1.82) is 0 Å². The molecule has 0 aromatic carbocycles. The van der Waals surface area contributed by atoms with E-state index in [1.54, 1.807) is 11.3 Å². The molecule has 0 radical (unpaired) electrons. The lowest BCUT2D eigenvalue weighted by Gasteiger charge is -2.25.